The Morgan fingerprint density at radius 2 is 2.11 bits per heavy atom. The zero-order valence-corrected chi connectivity index (χ0v) is 12.6. The van der Waals surface area contributed by atoms with Gasteiger partial charge in [0, 0.05) is 30.1 Å². The normalized spacial score (nSPS) is 22.5. The van der Waals surface area contributed by atoms with E-state index in [4.69, 9.17) is 0 Å². The van der Waals surface area contributed by atoms with E-state index in [0.29, 0.717) is 6.04 Å². The Morgan fingerprint density at radius 1 is 1.26 bits per heavy atom. The van der Waals surface area contributed by atoms with Crippen LogP contribution in [0.25, 0.3) is 0 Å². The van der Waals surface area contributed by atoms with Crippen molar-refractivity contribution in [3.63, 3.8) is 0 Å². The highest BCUT2D eigenvalue weighted by Crippen LogP contribution is 2.35. The molecule has 0 bridgehead atoms. The first-order valence-electron chi connectivity index (χ1n) is 7.57. The molecule has 1 fully saturated rings. The number of nitrogens with zero attached hydrogens (tertiary/aromatic N) is 1. The number of fused-ring (bicyclic) bond motifs is 1. The molecule has 3 rings (SSSR count). The summed E-state index contributed by atoms with van der Waals surface area (Å²) in [6.45, 7) is 5.80. The van der Waals surface area contributed by atoms with Gasteiger partial charge in [-0.2, -0.15) is 0 Å². The van der Waals surface area contributed by atoms with Crippen molar-refractivity contribution < 1.29 is 0 Å². The van der Waals surface area contributed by atoms with Crippen molar-refractivity contribution in [3.05, 3.63) is 29.8 Å². The molecule has 1 aliphatic carbocycles. The van der Waals surface area contributed by atoms with Gasteiger partial charge in [-0.15, -0.1) is 11.8 Å². The first kappa shape index (κ1) is 13.5. The largest absolute Gasteiger partial charge is 0.309 e. The molecule has 0 saturated heterocycles. The molecule has 1 unspecified atom stereocenters. The fourth-order valence-electron chi connectivity index (χ4n) is 2.98. The fraction of sp³-hybridized carbons (Fsp3) is 0.625. The second-order valence-corrected chi connectivity index (χ2v) is 6.68. The molecule has 1 N–H and O–H groups in total. The molecule has 0 radical (unpaired) electrons. The topological polar surface area (TPSA) is 15.3 Å². The number of rotatable bonds is 6. The summed E-state index contributed by atoms with van der Waals surface area (Å²) in [5.74, 6) is 1.24. The minimum Gasteiger partial charge on any atom is -0.309 e. The Kier molecular flexibility index (Phi) is 4.46. The number of likely N-dealkylation sites (N-methyl/N-ethyl adjacent to an activating group) is 1. The smallest absolute Gasteiger partial charge is 0.0339 e. The molecule has 1 aromatic carbocycles. The summed E-state index contributed by atoms with van der Waals surface area (Å²) in [5, 5.41) is 3.77. The Labute approximate surface area is 121 Å². The first-order valence-corrected chi connectivity index (χ1v) is 8.56. The van der Waals surface area contributed by atoms with Crippen LogP contribution in [0.5, 0.6) is 0 Å². The van der Waals surface area contributed by atoms with Crippen LogP contribution in [0.4, 0.5) is 0 Å². The summed E-state index contributed by atoms with van der Waals surface area (Å²) < 4.78 is 0. The lowest BCUT2D eigenvalue weighted by molar-refractivity contribution is 0.271. The third-order valence-electron chi connectivity index (χ3n) is 4.22. The van der Waals surface area contributed by atoms with Gasteiger partial charge in [-0.05, 0) is 43.2 Å². The van der Waals surface area contributed by atoms with Crippen molar-refractivity contribution in [2.75, 3.05) is 25.4 Å². The summed E-state index contributed by atoms with van der Waals surface area (Å²) in [6.07, 6.45) is 4.09. The van der Waals surface area contributed by atoms with Crippen LogP contribution in [0.3, 0.4) is 0 Å². The average Bonchev–Trinajstić information content (AvgIpc) is 3.28. The third-order valence-corrected chi connectivity index (χ3v) is 5.34. The first-order chi connectivity index (χ1) is 9.38. The van der Waals surface area contributed by atoms with Crippen LogP contribution in [0.15, 0.2) is 29.2 Å². The Hall–Kier alpha value is -0.510. The van der Waals surface area contributed by atoms with Gasteiger partial charge in [-0.25, -0.2) is 0 Å². The van der Waals surface area contributed by atoms with E-state index in [1.165, 1.54) is 48.6 Å². The van der Waals surface area contributed by atoms with E-state index >= 15 is 0 Å². The number of thioether (sulfide) groups is 1. The molecular formula is C16H24N2S. The maximum Gasteiger partial charge on any atom is 0.0339 e. The molecular weight excluding hydrogens is 252 g/mol. The van der Waals surface area contributed by atoms with Crippen LogP contribution in [0.1, 0.15) is 37.8 Å². The monoisotopic (exact) mass is 276 g/mol. The highest BCUT2D eigenvalue weighted by atomic mass is 32.2. The minimum atomic E-state index is 0.565. The van der Waals surface area contributed by atoms with Gasteiger partial charge in [-0.1, -0.05) is 25.1 Å². The van der Waals surface area contributed by atoms with Crippen LogP contribution in [-0.2, 0) is 0 Å². The fourth-order valence-corrected chi connectivity index (χ4v) is 4.10. The number of benzene rings is 1. The Bertz CT molecular complexity index is 417. The van der Waals surface area contributed by atoms with Crippen molar-refractivity contribution in [1.82, 2.24) is 10.2 Å². The second-order valence-electron chi connectivity index (χ2n) is 5.54. The summed E-state index contributed by atoms with van der Waals surface area (Å²) in [4.78, 5) is 4.09. The van der Waals surface area contributed by atoms with E-state index in [1.54, 1.807) is 0 Å². The van der Waals surface area contributed by atoms with Crippen molar-refractivity contribution in [1.29, 1.82) is 0 Å². The number of nitrogens with one attached hydrogen (secondary N) is 1. The number of hydrogen-bond acceptors (Lipinski definition) is 3. The third kappa shape index (κ3) is 3.33. The van der Waals surface area contributed by atoms with Crippen LogP contribution < -0.4 is 5.32 Å². The molecule has 0 aromatic heterocycles. The number of hydrogen-bond donors (Lipinski definition) is 1. The van der Waals surface area contributed by atoms with Crippen LogP contribution in [-0.4, -0.2) is 36.3 Å². The second kappa shape index (κ2) is 6.29. The summed E-state index contributed by atoms with van der Waals surface area (Å²) in [6, 6.07) is 10.3. The Balaban J connectivity index is 1.53. The van der Waals surface area contributed by atoms with Gasteiger partial charge in [0.05, 0.1) is 0 Å². The molecule has 0 spiro atoms. The molecule has 104 valence electrons. The van der Waals surface area contributed by atoms with E-state index < -0.39 is 0 Å². The van der Waals surface area contributed by atoms with Gasteiger partial charge >= 0.3 is 0 Å². The van der Waals surface area contributed by atoms with Crippen molar-refractivity contribution in [3.8, 4) is 0 Å². The van der Waals surface area contributed by atoms with Crippen LogP contribution in [0, 0.1) is 0 Å². The molecule has 1 aliphatic heterocycles. The van der Waals surface area contributed by atoms with Gasteiger partial charge in [0.25, 0.3) is 0 Å². The highest BCUT2D eigenvalue weighted by molar-refractivity contribution is 7.99. The maximum absolute atomic E-state index is 3.77. The van der Waals surface area contributed by atoms with Crippen molar-refractivity contribution >= 4 is 11.8 Å². The molecule has 1 saturated carbocycles. The molecule has 0 amide bonds. The summed E-state index contributed by atoms with van der Waals surface area (Å²) in [7, 11) is 0. The van der Waals surface area contributed by atoms with E-state index in [1.807, 2.05) is 11.8 Å². The molecule has 1 atom stereocenters. The van der Waals surface area contributed by atoms with Crippen molar-refractivity contribution in [2.24, 2.45) is 0 Å². The van der Waals surface area contributed by atoms with E-state index in [9.17, 15) is 0 Å². The minimum absolute atomic E-state index is 0.565. The van der Waals surface area contributed by atoms with Crippen LogP contribution >= 0.6 is 11.8 Å². The predicted octanol–water partition coefficient (Wildman–Crippen LogP) is 3.30. The Morgan fingerprint density at radius 3 is 2.89 bits per heavy atom. The standard InChI is InChI=1S/C16H24N2S/c1-2-18(13-7-8-13)11-10-17-15-9-12-19-16-6-4-3-5-14(15)16/h3-6,13,15,17H,2,7-12H2,1H3. The quantitative estimate of drug-likeness (QED) is 0.858. The summed E-state index contributed by atoms with van der Waals surface area (Å²) >= 11 is 2.00. The molecule has 1 heterocycles. The van der Waals surface area contributed by atoms with E-state index in [2.05, 4.69) is 41.4 Å². The maximum atomic E-state index is 3.77. The summed E-state index contributed by atoms with van der Waals surface area (Å²) in [5.41, 5.74) is 1.51. The van der Waals surface area contributed by atoms with Crippen molar-refractivity contribution in [2.45, 2.75) is 43.2 Å². The van der Waals surface area contributed by atoms with E-state index in [-0.39, 0.29) is 0 Å². The van der Waals surface area contributed by atoms with E-state index in [0.717, 1.165) is 12.6 Å². The molecule has 2 nitrogen and oxygen atoms in total. The predicted molar refractivity (Wildman–Crippen MR) is 82.8 cm³/mol. The van der Waals surface area contributed by atoms with Gasteiger partial charge < -0.3 is 5.32 Å². The molecule has 2 aliphatic rings. The lowest BCUT2D eigenvalue weighted by Crippen LogP contribution is -2.35. The zero-order valence-electron chi connectivity index (χ0n) is 11.8. The molecule has 3 heteroatoms. The van der Waals surface area contributed by atoms with Crippen LogP contribution in [0.2, 0.25) is 0 Å². The SMILES string of the molecule is CCN(CCNC1CCSc2ccccc21)C1CC1. The molecule has 1 aromatic rings. The van der Waals surface area contributed by atoms with Gasteiger partial charge in [0.15, 0.2) is 0 Å². The average molecular weight is 276 g/mol. The highest BCUT2D eigenvalue weighted by Gasteiger charge is 2.27. The lowest BCUT2D eigenvalue weighted by atomic mass is 10.0. The van der Waals surface area contributed by atoms with Gasteiger partial charge in [0.1, 0.15) is 0 Å². The molecule has 19 heavy (non-hydrogen) atoms. The van der Waals surface area contributed by atoms with Gasteiger partial charge in [-0.3, -0.25) is 4.90 Å². The van der Waals surface area contributed by atoms with Gasteiger partial charge in [0.2, 0.25) is 0 Å². The zero-order chi connectivity index (χ0) is 13.1. The lowest BCUT2D eigenvalue weighted by Gasteiger charge is -2.27.